The summed E-state index contributed by atoms with van der Waals surface area (Å²) >= 11 is 0. The molecule has 0 radical (unpaired) electrons. The van der Waals surface area contributed by atoms with Gasteiger partial charge in [-0.1, -0.05) is 0 Å². The fraction of sp³-hybridized carbons (Fsp3) is 0.615. The molecule has 1 aliphatic heterocycles. The van der Waals surface area contributed by atoms with Crippen LogP contribution in [0, 0.1) is 6.92 Å². The summed E-state index contributed by atoms with van der Waals surface area (Å²) in [5.74, 6) is 0.701. The average Bonchev–Trinajstić information content (AvgIpc) is 2.91. The monoisotopic (exact) mass is 263 g/mol. The van der Waals surface area contributed by atoms with Gasteiger partial charge in [0.1, 0.15) is 0 Å². The molecule has 2 rings (SSSR count). The minimum absolute atomic E-state index is 0.138. The second-order valence-electron chi connectivity index (χ2n) is 4.95. The topological polar surface area (TPSA) is 75.3 Å². The first-order valence-electron chi connectivity index (χ1n) is 6.63. The molecule has 6 heteroatoms. The lowest BCUT2D eigenvalue weighted by Crippen LogP contribution is -2.38. The molecule has 2 heterocycles. The van der Waals surface area contributed by atoms with Crippen molar-refractivity contribution < 1.29 is 4.79 Å². The average molecular weight is 263 g/mol. The molecule has 0 bridgehead atoms. The highest BCUT2D eigenvalue weighted by molar-refractivity contribution is 5.81. The first-order valence-corrected chi connectivity index (χ1v) is 6.63. The molecule has 0 unspecified atom stereocenters. The van der Waals surface area contributed by atoms with Gasteiger partial charge in [0.15, 0.2) is 0 Å². The largest absolute Gasteiger partial charge is 0.341 e. The molecule has 19 heavy (non-hydrogen) atoms. The maximum absolute atomic E-state index is 12.1. The number of likely N-dealkylation sites (tertiary alicyclic amines) is 1. The van der Waals surface area contributed by atoms with E-state index in [9.17, 15) is 4.79 Å². The first-order chi connectivity index (χ1) is 9.10. The Morgan fingerprint density at radius 2 is 2.11 bits per heavy atom. The van der Waals surface area contributed by atoms with Crippen molar-refractivity contribution in [2.75, 3.05) is 31.6 Å². The van der Waals surface area contributed by atoms with Crippen LogP contribution in [-0.4, -0.2) is 47.5 Å². The molecule has 1 aromatic rings. The minimum atomic E-state index is 0.138. The van der Waals surface area contributed by atoms with E-state index in [1.165, 1.54) is 0 Å². The summed E-state index contributed by atoms with van der Waals surface area (Å²) in [5, 5.41) is 0. The lowest BCUT2D eigenvalue weighted by atomic mass is 10.3. The van der Waals surface area contributed by atoms with Crippen LogP contribution < -0.4 is 10.6 Å². The number of aromatic nitrogens is 2. The maximum Gasteiger partial charge on any atom is 0.242 e. The highest BCUT2D eigenvalue weighted by Crippen LogP contribution is 2.11. The molecular formula is C13H21N5O. The Hall–Kier alpha value is -1.69. The van der Waals surface area contributed by atoms with Crippen molar-refractivity contribution in [2.24, 2.45) is 5.73 Å². The standard InChI is InChI=1S/C13H21N5O/c1-10-7-11(8-14)16-13(15-10)17(2)9-12(19)18-5-3-4-6-18/h7H,3-6,8-9,14H2,1-2H3. The van der Waals surface area contributed by atoms with Gasteiger partial charge in [-0.2, -0.15) is 0 Å². The summed E-state index contributed by atoms with van der Waals surface area (Å²) in [6, 6.07) is 1.86. The molecule has 0 spiro atoms. The van der Waals surface area contributed by atoms with Crippen molar-refractivity contribution in [3.8, 4) is 0 Å². The number of nitrogens with two attached hydrogens (primary N) is 1. The van der Waals surface area contributed by atoms with E-state index >= 15 is 0 Å². The summed E-state index contributed by atoms with van der Waals surface area (Å²) in [4.78, 5) is 24.5. The number of carbonyl (C=O) groups excluding carboxylic acids is 1. The minimum Gasteiger partial charge on any atom is -0.341 e. The van der Waals surface area contributed by atoms with E-state index < -0.39 is 0 Å². The van der Waals surface area contributed by atoms with Crippen LogP contribution in [-0.2, 0) is 11.3 Å². The fourth-order valence-corrected chi connectivity index (χ4v) is 2.23. The van der Waals surface area contributed by atoms with E-state index in [-0.39, 0.29) is 5.91 Å². The third-order valence-electron chi connectivity index (χ3n) is 3.28. The van der Waals surface area contributed by atoms with Crippen LogP contribution >= 0.6 is 0 Å². The molecule has 1 saturated heterocycles. The lowest BCUT2D eigenvalue weighted by Gasteiger charge is -2.21. The van der Waals surface area contributed by atoms with Crippen LogP contribution in [0.5, 0.6) is 0 Å². The van der Waals surface area contributed by atoms with Gasteiger partial charge in [-0.05, 0) is 25.8 Å². The van der Waals surface area contributed by atoms with Crippen molar-refractivity contribution in [3.63, 3.8) is 0 Å². The number of nitrogens with zero attached hydrogens (tertiary/aromatic N) is 4. The SMILES string of the molecule is Cc1cc(CN)nc(N(C)CC(=O)N2CCCC2)n1. The van der Waals surface area contributed by atoms with Crippen LogP contribution in [0.2, 0.25) is 0 Å². The Kier molecular flexibility index (Phi) is 4.31. The van der Waals surface area contributed by atoms with Crippen molar-refractivity contribution in [1.29, 1.82) is 0 Å². The van der Waals surface area contributed by atoms with Crippen molar-refractivity contribution in [2.45, 2.75) is 26.3 Å². The van der Waals surface area contributed by atoms with Gasteiger partial charge in [-0.3, -0.25) is 4.79 Å². The van der Waals surface area contributed by atoms with Crippen LogP contribution in [0.4, 0.5) is 5.95 Å². The second kappa shape index (κ2) is 5.97. The third-order valence-corrected chi connectivity index (χ3v) is 3.28. The fourth-order valence-electron chi connectivity index (χ4n) is 2.23. The molecular weight excluding hydrogens is 242 g/mol. The van der Waals surface area contributed by atoms with Gasteiger partial charge in [0.05, 0.1) is 12.2 Å². The van der Waals surface area contributed by atoms with Crippen LogP contribution in [0.15, 0.2) is 6.07 Å². The first kappa shape index (κ1) is 13.7. The molecule has 1 amide bonds. The van der Waals surface area contributed by atoms with Gasteiger partial charge in [0, 0.05) is 32.4 Å². The number of rotatable bonds is 4. The van der Waals surface area contributed by atoms with Crippen molar-refractivity contribution >= 4 is 11.9 Å². The quantitative estimate of drug-likeness (QED) is 0.845. The molecule has 1 fully saturated rings. The maximum atomic E-state index is 12.1. The Balaban J connectivity index is 2.04. The molecule has 6 nitrogen and oxygen atoms in total. The highest BCUT2D eigenvalue weighted by atomic mass is 16.2. The summed E-state index contributed by atoms with van der Waals surface area (Å²) in [6.45, 7) is 4.34. The van der Waals surface area contributed by atoms with Gasteiger partial charge >= 0.3 is 0 Å². The Morgan fingerprint density at radius 1 is 1.42 bits per heavy atom. The van der Waals surface area contributed by atoms with Crippen molar-refractivity contribution in [3.05, 3.63) is 17.5 Å². The van der Waals surface area contributed by atoms with Gasteiger partial charge in [0.25, 0.3) is 0 Å². The molecule has 0 atom stereocenters. The Labute approximate surface area is 113 Å². The molecule has 0 aromatic carbocycles. The Bertz CT molecular complexity index is 456. The summed E-state index contributed by atoms with van der Waals surface area (Å²) in [5.41, 5.74) is 7.27. The number of likely N-dealkylation sites (N-methyl/N-ethyl adjacent to an activating group) is 1. The highest BCUT2D eigenvalue weighted by Gasteiger charge is 2.20. The van der Waals surface area contributed by atoms with E-state index in [0.29, 0.717) is 19.0 Å². The van der Waals surface area contributed by atoms with Gasteiger partial charge in [-0.25, -0.2) is 9.97 Å². The zero-order chi connectivity index (χ0) is 13.8. The van der Waals surface area contributed by atoms with E-state index in [0.717, 1.165) is 37.3 Å². The summed E-state index contributed by atoms with van der Waals surface area (Å²) < 4.78 is 0. The van der Waals surface area contributed by atoms with Crippen LogP contribution in [0.1, 0.15) is 24.2 Å². The van der Waals surface area contributed by atoms with Crippen molar-refractivity contribution in [1.82, 2.24) is 14.9 Å². The molecule has 1 aromatic heterocycles. The number of amides is 1. The number of anilines is 1. The van der Waals surface area contributed by atoms with E-state index in [1.807, 2.05) is 24.9 Å². The number of hydrogen-bond donors (Lipinski definition) is 1. The molecule has 104 valence electrons. The van der Waals surface area contributed by atoms with E-state index in [1.54, 1.807) is 4.90 Å². The van der Waals surface area contributed by atoms with Crippen LogP contribution in [0.25, 0.3) is 0 Å². The van der Waals surface area contributed by atoms with Gasteiger partial charge < -0.3 is 15.5 Å². The number of hydrogen-bond acceptors (Lipinski definition) is 5. The van der Waals surface area contributed by atoms with Gasteiger partial charge in [-0.15, -0.1) is 0 Å². The summed E-state index contributed by atoms with van der Waals surface area (Å²) in [6.07, 6.45) is 2.21. The predicted octanol–water partition coefficient (Wildman–Crippen LogP) is 0.302. The number of carbonyl (C=O) groups is 1. The molecule has 0 saturated carbocycles. The normalized spacial score (nSPS) is 14.8. The molecule has 2 N–H and O–H groups in total. The lowest BCUT2D eigenvalue weighted by molar-refractivity contribution is -0.128. The number of aryl methyl sites for hydroxylation is 1. The smallest absolute Gasteiger partial charge is 0.242 e. The predicted molar refractivity (Wildman–Crippen MR) is 73.7 cm³/mol. The zero-order valence-corrected chi connectivity index (χ0v) is 11.6. The molecule has 1 aliphatic rings. The third kappa shape index (κ3) is 3.41. The Morgan fingerprint density at radius 3 is 2.74 bits per heavy atom. The van der Waals surface area contributed by atoms with Crippen LogP contribution in [0.3, 0.4) is 0 Å². The molecule has 0 aliphatic carbocycles. The van der Waals surface area contributed by atoms with Gasteiger partial charge in [0.2, 0.25) is 11.9 Å². The zero-order valence-electron chi connectivity index (χ0n) is 11.6. The summed E-state index contributed by atoms with van der Waals surface area (Å²) in [7, 11) is 1.84. The van der Waals surface area contributed by atoms with E-state index in [2.05, 4.69) is 9.97 Å². The second-order valence-corrected chi connectivity index (χ2v) is 4.95. The van der Waals surface area contributed by atoms with E-state index in [4.69, 9.17) is 5.73 Å².